The Bertz CT molecular complexity index is 1290. The fourth-order valence-electron chi connectivity index (χ4n) is 4.00. The van der Waals surface area contributed by atoms with E-state index in [4.69, 9.17) is 25.8 Å². The number of benzene rings is 2. The second kappa shape index (κ2) is 9.00. The van der Waals surface area contributed by atoms with Crippen molar-refractivity contribution in [1.82, 2.24) is 0 Å². The molecular weight excluding hydrogens is 480 g/mol. The molecule has 0 spiro atoms. The monoisotopic (exact) mass is 498 g/mol. The van der Waals surface area contributed by atoms with Crippen molar-refractivity contribution in [1.29, 1.82) is 0 Å². The lowest BCUT2D eigenvalue weighted by Crippen LogP contribution is -2.28. The van der Waals surface area contributed by atoms with E-state index in [1.807, 2.05) is 0 Å². The van der Waals surface area contributed by atoms with Crippen LogP contribution in [0.5, 0.6) is 11.5 Å². The van der Waals surface area contributed by atoms with Crippen LogP contribution in [0.25, 0.3) is 11.1 Å². The minimum atomic E-state index is -0.579. The molecule has 0 bridgehead atoms. The molecule has 2 aliphatic heterocycles. The van der Waals surface area contributed by atoms with Gasteiger partial charge in [-0.2, -0.15) is 0 Å². The first-order valence-corrected chi connectivity index (χ1v) is 11.7. The second-order valence-corrected chi connectivity index (χ2v) is 9.10. The van der Waals surface area contributed by atoms with E-state index in [0.717, 1.165) is 5.56 Å². The number of anilines is 2. The number of thiophene rings is 1. The molecule has 1 atom stereocenters. The van der Waals surface area contributed by atoms with Gasteiger partial charge in [-0.25, -0.2) is 4.79 Å². The first kappa shape index (κ1) is 22.2. The van der Waals surface area contributed by atoms with Gasteiger partial charge in [0.25, 0.3) is 0 Å². The Balaban J connectivity index is 1.36. The number of hydrogen-bond donors (Lipinski definition) is 1. The predicted octanol–water partition coefficient (Wildman–Crippen LogP) is 4.58. The molecule has 1 unspecified atom stereocenters. The van der Waals surface area contributed by atoms with Gasteiger partial charge in [0.05, 0.1) is 13.0 Å². The Kier molecular flexibility index (Phi) is 5.89. The Morgan fingerprint density at radius 3 is 2.68 bits per heavy atom. The second-order valence-electron chi connectivity index (χ2n) is 7.78. The summed E-state index contributed by atoms with van der Waals surface area (Å²) in [6.45, 7) is 0.354. The quantitative estimate of drug-likeness (QED) is 0.518. The van der Waals surface area contributed by atoms with Crippen LogP contribution < -0.4 is 19.7 Å². The summed E-state index contributed by atoms with van der Waals surface area (Å²) in [6, 6.07) is 12.3. The lowest BCUT2D eigenvalue weighted by molar-refractivity contribution is -0.122. The molecule has 3 heterocycles. The van der Waals surface area contributed by atoms with E-state index in [1.165, 1.54) is 18.4 Å². The molecular formula is C24H19ClN2O6S. The zero-order chi connectivity index (χ0) is 23.8. The minimum absolute atomic E-state index is 0.0588. The smallest absolute Gasteiger partial charge is 0.341 e. The van der Waals surface area contributed by atoms with E-state index in [0.29, 0.717) is 32.8 Å². The third-order valence-corrected chi connectivity index (χ3v) is 6.88. The number of carbonyl (C=O) groups excluding carboxylic acids is 3. The number of rotatable bonds is 5. The average Bonchev–Trinajstić information content (AvgIpc) is 3.57. The number of carbonyl (C=O) groups is 3. The summed E-state index contributed by atoms with van der Waals surface area (Å²) in [7, 11) is 1.29. The van der Waals surface area contributed by atoms with Gasteiger partial charge in [-0.3, -0.25) is 9.59 Å². The van der Waals surface area contributed by atoms with E-state index in [9.17, 15) is 14.4 Å². The van der Waals surface area contributed by atoms with Gasteiger partial charge in [0.15, 0.2) is 11.5 Å². The summed E-state index contributed by atoms with van der Waals surface area (Å²) >= 11 is 7.20. The van der Waals surface area contributed by atoms with Gasteiger partial charge < -0.3 is 24.4 Å². The van der Waals surface area contributed by atoms with E-state index in [-0.39, 0.29) is 37.1 Å². The third-order valence-electron chi connectivity index (χ3n) is 5.74. The summed E-state index contributed by atoms with van der Waals surface area (Å²) < 4.78 is 15.7. The highest BCUT2D eigenvalue weighted by Crippen LogP contribution is 2.39. The maximum atomic E-state index is 13.1. The van der Waals surface area contributed by atoms with Crippen LogP contribution in [-0.4, -0.2) is 38.2 Å². The maximum absolute atomic E-state index is 13.1. The van der Waals surface area contributed by atoms with Crippen molar-refractivity contribution in [2.75, 3.05) is 30.7 Å². The predicted molar refractivity (Wildman–Crippen MR) is 128 cm³/mol. The van der Waals surface area contributed by atoms with Gasteiger partial charge in [0.2, 0.25) is 18.6 Å². The fourth-order valence-corrected chi connectivity index (χ4v) is 5.08. The number of ether oxygens (including phenoxy) is 3. The molecule has 10 heteroatoms. The summed E-state index contributed by atoms with van der Waals surface area (Å²) in [5.74, 6) is -0.467. The molecule has 1 fully saturated rings. The molecule has 1 N–H and O–H groups in total. The standard InChI is InChI=1S/C24H19ClN2O6S/c1-31-24(30)21-17(13-2-4-15(25)5-3-13)11-34-23(21)26-22(29)14-8-20(28)27(10-14)16-6-7-18-19(9-16)33-12-32-18/h2-7,9,11,14H,8,10,12H2,1H3,(H,26,29). The van der Waals surface area contributed by atoms with Crippen LogP contribution in [0.4, 0.5) is 10.7 Å². The van der Waals surface area contributed by atoms with Crippen molar-refractivity contribution in [3.63, 3.8) is 0 Å². The van der Waals surface area contributed by atoms with Crippen LogP contribution in [0.15, 0.2) is 47.8 Å². The molecule has 0 aliphatic carbocycles. The van der Waals surface area contributed by atoms with Gasteiger partial charge in [0.1, 0.15) is 10.6 Å². The number of fused-ring (bicyclic) bond motifs is 1. The van der Waals surface area contributed by atoms with Gasteiger partial charge >= 0.3 is 5.97 Å². The van der Waals surface area contributed by atoms with E-state index in [2.05, 4.69) is 5.32 Å². The topological polar surface area (TPSA) is 94.2 Å². The minimum Gasteiger partial charge on any atom is -0.465 e. The van der Waals surface area contributed by atoms with Gasteiger partial charge in [0, 0.05) is 40.7 Å². The van der Waals surface area contributed by atoms with Crippen molar-refractivity contribution in [2.45, 2.75) is 6.42 Å². The highest BCUT2D eigenvalue weighted by Gasteiger charge is 2.36. The first-order chi connectivity index (χ1) is 16.4. The Labute approximate surface area is 204 Å². The lowest BCUT2D eigenvalue weighted by atomic mass is 10.0. The lowest BCUT2D eigenvalue weighted by Gasteiger charge is -2.17. The number of nitrogens with one attached hydrogen (secondary N) is 1. The molecule has 2 aliphatic rings. The molecule has 3 aromatic rings. The Morgan fingerprint density at radius 2 is 1.91 bits per heavy atom. The highest BCUT2D eigenvalue weighted by atomic mass is 35.5. The van der Waals surface area contributed by atoms with Crippen LogP contribution in [0.2, 0.25) is 5.02 Å². The number of nitrogens with zero attached hydrogens (tertiary/aromatic N) is 1. The molecule has 8 nitrogen and oxygen atoms in total. The van der Waals surface area contributed by atoms with Crippen LogP contribution in [0.1, 0.15) is 16.8 Å². The average molecular weight is 499 g/mol. The Hall–Kier alpha value is -3.56. The van der Waals surface area contributed by atoms with Gasteiger partial charge in [-0.1, -0.05) is 23.7 Å². The van der Waals surface area contributed by atoms with Crippen molar-refractivity contribution < 1.29 is 28.6 Å². The van der Waals surface area contributed by atoms with Crippen molar-refractivity contribution in [2.24, 2.45) is 5.92 Å². The Morgan fingerprint density at radius 1 is 1.15 bits per heavy atom. The van der Waals surface area contributed by atoms with Gasteiger partial charge in [-0.15, -0.1) is 11.3 Å². The van der Waals surface area contributed by atoms with E-state index in [1.54, 1.807) is 52.7 Å². The fraction of sp³-hybridized carbons (Fsp3) is 0.208. The number of hydrogen-bond acceptors (Lipinski definition) is 7. The number of halogens is 1. The summed E-state index contributed by atoms with van der Waals surface area (Å²) in [5.41, 5.74) is 2.31. The van der Waals surface area contributed by atoms with Crippen LogP contribution in [0.3, 0.4) is 0 Å². The zero-order valence-corrected chi connectivity index (χ0v) is 19.6. The highest BCUT2D eigenvalue weighted by molar-refractivity contribution is 7.15. The van der Waals surface area contributed by atoms with E-state index < -0.39 is 11.9 Å². The van der Waals surface area contributed by atoms with Crippen LogP contribution in [0, 0.1) is 5.92 Å². The summed E-state index contributed by atoms with van der Waals surface area (Å²) in [6.07, 6.45) is 0.0588. The zero-order valence-electron chi connectivity index (χ0n) is 18.0. The molecule has 34 heavy (non-hydrogen) atoms. The summed E-state index contributed by atoms with van der Waals surface area (Å²) in [5, 5.41) is 5.56. The molecule has 2 aromatic carbocycles. The molecule has 0 radical (unpaired) electrons. The first-order valence-electron chi connectivity index (χ1n) is 10.4. The largest absolute Gasteiger partial charge is 0.465 e. The molecule has 174 valence electrons. The third kappa shape index (κ3) is 4.08. The number of amides is 2. The molecule has 5 rings (SSSR count). The van der Waals surface area contributed by atoms with Gasteiger partial charge in [-0.05, 0) is 29.8 Å². The SMILES string of the molecule is COC(=O)c1c(-c2ccc(Cl)cc2)csc1NC(=O)C1CC(=O)N(c2ccc3c(c2)OCO3)C1. The van der Waals surface area contributed by atoms with Crippen molar-refractivity contribution >= 4 is 51.4 Å². The van der Waals surface area contributed by atoms with Crippen molar-refractivity contribution in [3.05, 3.63) is 58.4 Å². The summed E-state index contributed by atoms with van der Waals surface area (Å²) in [4.78, 5) is 39.9. The normalized spacial score (nSPS) is 16.6. The number of methoxy groups -OCH3 is 1. The molecule has 2 amide bonds. The maximum Gasteiger partial charge on any atom is 0.341 e. The molecule has 1 aromatic heterocycles. The molecule has 0 saturated carbocycles. The van der Waals surface area contributed by atoms with Crippen LogP contribution in [-0.2, 0) is 14.3 Å². The number of esters is 1. The van der Waals surface area contributed by atoms with Crippen molar-refractivity contribution in [3.8, 4) is 22.6 Å². The van der Waals surface area contributed by atoms with E-state index >= 15 is 0 Å². The van der Waals surface area contributed by atoms with Crippen LogP contribution >= 0.6 is 22.9 Å². The molecule has 1 saturated heterocycles.